The Labute approximate surface area is 177 Å². The number of rotatable bonds is 4. The van der Waals surface area contributed by atoms with Gasteiger partial charge in [0.05, 0.1) is 26.4 Å². The van der Waals surface area contributed by atoms with Crippen molar-refractivity contribution in [1.29, 1.82) is 0 Å². The number of nitrogens with one attached hydrogen (secondary N) is 1. The van der Waals surface area contributed by atoms with Gasteiger partial charge < -0.3 is 29.5 Å². The smallest absolute Gasteiger partial charge is 0.229 e. The van der Waals surface area contributed by atoms with E-state index < -0.39 is 0 Å². The van der Waals surface area contributed by atoms with Gasteiger partial charge >= 0.3 is 0 Å². The number of aromatic nitrogens is 2. The molecule has 8 heteroatoms. The molecule has 3 aliphatic rings. The maximum Gasteiger partial charge on any atom is 0.229 e. The molecule has 0 saturated carbocycles. The summed E-state index contributed by atoms with van der Waals surface area (Å²) in [6.07, 6.45) is 0. The first-order chi connectivity index (χ1) is 14.9. The second kappa shape index (κ2) is 9.16. The van der Waals surface area contributed by atoms with Crippen LogP contribution in [0.4, 0.5) is 17.6 Å². The lowest BCUT2D eigenvalue weighted by Gasteiger charge is -2.36. The largest absolute Gasteiger partial charge is 0.378 e. The average molecular weight is 411 g/mol. The van der Waals surface area contributed by atoms with Crippen molar-refractivity contribution in [2.75, 3.05) is 86.9 Å². The molecule has 1 aromatic heterocycles. The van der Waals surface area contributed by atoms with Gasteiger partial charge in [0.15, 0.2) is 0 Å². The van der Waals surface area contributed by atoms with Gasteiger partial charge in [-0.15, -0.1) is 0 Å². The minimum Gasteiger partial charge on any atom is -0.378 e. The van der Waals surface area contributed by atoms with Gasteiger partial charge in [-0.3, -0.25) is 0 Å². The van der Waals surface area contributed by atoms with Crippen LogP contribution in [0.25, 0.3) is 0 Å². The molecule has 0 spiro atoms. The van der Waals surface area contributed by atoms with E-state index in [-0.39, 0.29) is 6.04 Å². The molecule has 1 N–H and O–H groups in total. The lowest BCUT2D eigenvalue weighted by atomic mass is 10.0. The Morgan fingerprint density at radius 3 is 1.97 bits per heavy atom. The number of nitrogens with zero attached hydrogens (tertiary/aromatic N) is 5. The number of ether oxygens (including phenoxy) is 2. The first-order valence-electron chi connectivity index (χ1n) is 10.9. The molecule has 2 aromatic rings. The van der Waals surface area contributed by atoms with E-state index in [1.54, 1.807) is 0 Å². The summed E-state index contributed by atoms with van der Waals surface area (Å²) in [7, 11) is 0. The van der Waals surface area contributed by atoms with Crippen LogP contribution in [-0.2, 0) is 9.47 Å². The van der Waals surface area contributed by atoms with Crippen molar-refractivity contribution in [2.24, 2.45) is 0 Å². The molecule has 0 radical (unpaired) electrons. The van der Waals surface area contributed by atoms with Crippen LogP contribution < -0.4 is 20.0 Å². The van der Waals surface area contributed by atoms with Crippen LogP contribution in [0.5, 0.6) is 0 Å². The normalized spacial score (nSPS) is 22.9. The van der Waals surface area contributed by atoms with Crippen molar-refractivity contribution < 1.29 is 9.47 Å². The molecule has 8 nitrogen and oxygen atoms in total. The van der Waals surface area contributed by atoms with Crippen LogP contribution in [0, 0.1) is 0 Å². The highest BCUT2D eigenvalue weighted by Gasteiger charge is 2.25. The van der Waals surface area contributed by atoms with Crippen molar-refractivity contribution in [1.82, 2.24) is 15.3 Å². The van der Waals surface area contributed by atoms with Crippen LogP contribution >= 0.6 is 0 Å². The molecule has 160 valence electrons. The summed E-state index contributed by atoms with van der Waals surface area (Å²) in [5, 5.41) is 3.64. The van der Waals surface area contributed by atoms with Crippen LogP contribution in [0.1, 0.15) is 11.6 Å². The zero-order chi connectivity index (χ0) is 20.2. The van der Waals surface area contributed by atoms with Gasteiger partial charge in [-0.1, -0.05) is 30.3 Å². The van der Waals surface area contributed by atoms with Crippen molar-refractivity contribution in [3.8, 4) is 0 Å². The van der Waals surface area contributed by atoms with E-state index >= 15 is 0 Å². The van der Waals surface area contributed by atoms with E-state index in [2.05, 4.69) is 56.4 Å². The number of hydrogen-bond donors (Lipinski definition) is 1. The fourth-order valence-electron chi connectivity index (χ4n) is 4.30. The topological polar surface area (TPSA) is 66.0 Å². The molecule has 5 rings (SSSR count). The second-order valence-corrected chi connectivity index (χ2v) is 7.95. The van der Waals surface area contributed by atoms with Gasteiger partial charge in [0, 0.05) is 57.9 Å². The van der Waals surface area contributed by atoms with Crippen LogP contribution in [0.2, 0.25) is 0 Å². The quantitative estimate of drug-likeness (QED) is 0.809. The Bertz CT molecular complexity index is 787. The molecule has 3 saturated heterocycles. The highest BCUT2D eigenvalue weighted by Crippen LogP contribution is 2.27. The third kappa shape index (κ3) is 4.35. The van der Waals surface area contributed by atoms with E-state index in [0.717, 1.165) is 89.8 Å². The average Bonchev–Trinajstić information content (AvgIpc) is 2.85. The van der Waals surface area contributed by atoms with Crippen molar-refractivity contribution in [3.63, 3.8) is 0 Å². The Balaban J connectivity index is 1.43. The highest BCUT2D eigenvalue weighted by atomic mass is 16.5. The third-order valence-corrected chi connectivity index (χ3v) is 6.02. The summed E-state index contributed by atoms with van der Waals surface area (Å²) >= 11 is 0. The first-order valence-corrected chi connectivity index (χ1v) is 10.9. The Morgan fingerprint density at radius 2 is 1.37 bits per heavy atom. The zero-order valence-corrected chi connectivity index (χ0v) is 17.4. The lowest BCUT2D eigenvalue weighted by molar-refractivity contribution is 0.122. The van der Waals surface area contributed by atoms with E-state index in [4.69, 9.17) is 19.4 Å². The molecule has 0 aliphatic carbocycles. The van der Waals surface area contributed by atoms with Gasteiger partial charge in [0.2, 0.25) is 5.95 Å². The molecule has 4 heterocycles. The van der Waals surface area contributed by atoms with Crippen LogP contribution in [-0.4, -0.2) is 82.2 Å². The molecule has 1 unspecified atom stereocenters. The minimum atomic E-state index is 0.280. The van der Waals surface area contributed by atoms with Gasteiger partial charge in [-0.2, -0.15) is 9.97 Å². The van der Waals surface area contributed by atoms with E-state index in [1.807, 2.05) is 0 Å². The molecular formula is C22H30N6O2. The maximum absolute atomic E-state index is 5.55. The van der Waals surface area contributed by atoms with Gasteiger partial charge in [0.25, 0.3) is 0 Å². The molecule has 1 atom stereocenters. The van der Waals surface area contributed by atoms with Crippen molar-refractivity contribution in [3.05, 3.63) is 42.0 Å². The molecular weight excluding hydrogens is 380 g/mol. The molecule has 0 bridgehead atoms. The van der Waals surface area contributed by atoms with E-state index in [1.165, 1.54) is 5.56 Å². The lowest BCUT2D eigenvalue weighted by Crippen LogP contribution is -2.47. The molecule has 30 heavy (non-hydrogen) atoms. The summed E-state index contributed by atoms with van der Waals surface area (Å²) in [5.41, 5.74) is 1.31. The molecule has 3 fully saturated rings. The summed E-state index contributed by atoms with van der Waals surface area (Å²) in [6, 6.07) is 13.0. The predicted molar refractivity (Wildman–Crippen MR) is 117 cm³/mol. The number of morpholine rings is 2. The summed E-state index contributed by atoms with van der Waals surface area (Å²) in [5.74, 6) is 2.82. The summed E-state index contributed by atoms with van der Waals surface area (Å²) in [4.78, 5) is 17.0. The fraction of sp³-hybridized carbons (Fsp3) is 0.545. The predicted octanol–water partition coefficient (Wildman–Crippen LogP) is 1.30. The van der Waals surface area contributed by atoms with E-state index in [9.17, 15) is 0 Å². The number of anilines is 3. The van der Waals surface area contributed by atoms with Crippen molar-refractivity contribution in [2.45, 2.75) is 6.04 Å². The zero-order valence-electron chi connectivity index (χ0n) is 17.4. The Kier molecular flexibility index (Phi) is 5.96. The number of hydrogen-bond acceptors (Lipinski definition) is 8. The second-order valence-electron chi connectivity index (χ2n) is 7.95. The fourth-order valence-corrected chi connectivity index (χ4v) is 4.30. The molecule has 0 amide bonds. The third-order valence-electron chi connectivity index (χ3n) is 6.02. The highest BCUT2D eigenvalue weighted by molar-refractivity contribution is 5.56. The monoisotopic (exact) mass is 410 g/mol. The van der Waals surface area contributed by atoms with Gasteiger partial charge in [-0.25, -0.2) is 0 Å². The summed E-state index contributed by atoms with van der Waals surface area (Å²) in [6.45, 7) is 9.13. The summed E-state index contributed by atoms with van der Waals surface area (Å²) < 4.78 is 11.1. The van der Waals surface area contributed by atoms with E-state index in [0.29, 0.717) is 0 Å². The van der Waals surface area contributed by atoms with Crippen molar-refractivity contribution >= 4 is 17.6 Å². The first kappa shape index (κ1) is 19.5. The number of piperazine rings is 1. The van der Waals surface area contributed by atoms with Gasteiger partial charge in [-0.05, 0) is 5.56 Å². The number of benzene rings is 1. The SMILES string of the molecule is c1ccc(C2CN(c3nc(N4CCOCC4)cc(N4CCOCC4)n3)CCN2)cc1. The molecule has 3 aliphatic heterocycles. The van der Waals surface area contributed by atoms with Crippen LogP contribution in [0.3, 0.4) is 0 Å². The standard InChI is InChI=1S/C22H30N6O2/c1-2-4-18(5-3-1)19-17-28(7-6-23-19)22-24-20(26-8-12-29-13-9-26)16-21(25-22)27-10-14-30-15-11-27/h1-5,16,19,23H,6-15,17H2. The Hall–Kier alpha value is -2.42. The minimum absolute atomic E-state index is 0.280. The van der Waals surface area contributed by atoms with Crippen LogP contribution in [0.15, 0.2) is 36.4 Å². The maximum atomic E-state index is 5.55. The van der Waals surface area contributed by atoms with Gasteiger partial charge in [0.1, 0.15) is 11.6 Å². The molecule has 1 aromatic carbocycles. The Morgan fingerprint density at radius 1 is 0.767 bits per heavy atom.